The van der Waals surface area contributed by atoms with Crippen molar-refractivity contribution in [2.24, 2.45) is 0 Å². The number of aromatic nitrogens is 2. The molecule has 0 radical (unpaired) electrons. The summed E-state index contributed by atoms with van der Waals surface area (Å²) in [6.07, 6.45) is 10.3. The van der Waals surface area contributed by atoms with Crippen molar-refractivity contribution in [2.45, 2.75) is 43.9 Å². The lowest BCUT2D eigenvalue weighted by Crippen LogP contribution is -2.54. The highest BCUT2D eigenvalue weighted by atomic mass is 35.5. The van der Waals surface area contributed by atoms with Gasteiger partial charge < -0.3 is 19.7 Å². The van der Waals surface area contributed by atoms with Gasteiger partial charge in [0.05, 0.1) is 30.5 Å². The van der Waals surface area contributed by atoms with Gasteiger partial charge in [-0.15, -0.1) is 0 Å². The summed E-state index contributed by atoms with van der Waals surface area (Å²) in [5.41, 5.74) is 1.86. The smallest absolute Gasteiger partial charge is 0.242 e. The van der Waals surface area contributed by atoms with Crippen LogP contribution in [0, 0.1) is 11.2 Å². The fraction of sp³-hybridized carbons (Fsp3) is 0.414. The number of morpholine rings is 1. The van der Waals surface area contributed by atoms with E-state index in [-0.39, 0.29) is 39.7 Å². The van der Waals surface area contributed by atoms with Crippen LogP contribution < -0.4 is 5.32 Å². The number of carbonyl (C=O) groups excluding carboxylic acids is 1. The van der Waals surface area contributed by atoms with Crippen LogP contribution in [0.15, 0.2) is 60.7 Å². The van der Waals surface area contributed by atoms with E-state index in [0.29, 0.717) is 49.7 Å². The molecule has 11 heteroatoms. The molecule has 2 fully saturated rings. The zero-order valence-electron chi connectivity index (χ0n) is 22.2. The van der Waals surface area contributed by atoms with E-state index in [1.807, 2.05) is 34.1 Å². The van der Waals surface area contributed by atoms with E-state index in [0.717, 1.165) is 18.4 Å². The van der Waals surface area contributed by atoms with Crippen LogP contribution >= 0.6 is 23.2 Å². The highest BCUT2D eigenvalue weighted by Crippen LogP contribution is 2.37. The van der Waals surface area contributed by atoms with E-state index in [4.69, 9.17) is 38.1 Å². The Morgan fingerprint density at radius 3 is 2.83 bits per heavy atom. The number of carbonyl (C=O) groups is 1. The number of ether oxygens (including phenoxy) is 2. The molecule has 1 aromatic heterocycles. The lowest BCUT2D eigenvalue weighted by Gasteiger charge is -2.35. The van der Waals surface area contributed by atoms with Crippen LogP contribution in [0.2, 0.25) is 10.0 Å². The molecule has 3 heterocycles. The van der Waals surface area contributed by atoms with E-state index < -0.39 is 11.9 Å². The predicted molar refractivity (Wildman–Crippen MR) is 152 cm³/mol. The number of nitrogens with one attached hydrogen (secondary N) is 2. The van der Waals surface area contributed by atoms with Gasteiger partial charge in [0.25, 0.3) is 0 Å². The third-order valence-corrected chi connectivity index (χ3v) is 8.28. The van der Waals surface area contributed by atoms with Crippen molar-refractivity contribution >= 4 is 34.8 Å². The second-order valence-corrected chi connectivity index (χ2v) is 11.0. The van der Waals surface area contributed by atoms with Gasteiger partial charge in [-0.2, -0.15) is 5.10 Å². The number of hydrogen-bond donors (Lipinski definition) is 2. The molecule has 8 nitrogen and oxygen atoms in total. The number of piperidine rings is 1. The van der Waals surface area contributed by atoms with Gasteiger partial charge in [-0.3, -0.25) is 14.9 Å². The Morgan fingerprint density at radius 1 is 1.32 bits per heavy atom. The first-order valence-electron chi connectivity index (χ1n) is 13.3. The topological polar surface area (TPSA) is 92.5 Å². The normalized spacial score (nSPS) is 23.1. The van der Waals surface area contributed by atoms with Crippen molar-refractivity contribution in [3.63, 3.8) is 0 Å². The molecule has 0 saturated carbocycles. The minimum atomic E-state index is -0.708. The highest BCUT2D eigenvalue weighted by molar-refractivity contribution is 6.36. The molecule has 5 rings (SSSR count). The Hall–Kier alpha value is -2.98. The number of benzene rings is 1. The molecule has 1 aliphatic carbocycles. The van der Waals surface area contributed by atoms with Crippen LogP contribution in [0.3, 0.4) is 0 Å². The van der Waals surface area contributed by atoms with Crippen molar-refractivity contribution < 1.29 is 18.7 Å². The lowest BCUT2D eigenvalue weighted by atomic mass is 10.0. The fourth-order valence-electron chi connectivity index (χ4n) is 5.25. The summed E-state index contributed by atoms with van der Waals surface area (Å²) in [6.45, 7) is 8.77. The van der Waals surface area contributed by atoms with Gasteiger partial charge >= 0.3 is 0 Å². The number of rotatable bonds is 6. The van der Waals surface area contributed by atoms with Crippen LogP contribution in [0.25, 0.3) is 0 Å². The molecule has 1 amide bonds. The maximum atomic E-state index is 14.1. The zero-order valence-corrected chi connectivity index (χ0v) is 23.7. The largest absolute Gasteiger partial charge is 0.484 e. The predicted octanol–water partition coefficient (Wildman–Crippen LogP) is 5.37. The third-order valence-electron chi connectivity index (χ3n) is 7.57. The Labute approximate surface area is 242 Å². The summed E-state index contributed by atoms with van der Waals surface area (Å²) in [4.78, 5) is 14.7. The Kier molecular flexibility index (Phi) is 8.75. The van der Waals surface area contributed by atoms with E-state index in [1.165, 1.54) is 12.1 Å². The average Bonchev–Trinajstić information content (AvgIpc) is 3.42. The van der Waals surface area contributed by atoms with E-state index >= 15 is 0 Å². The molecule has 3 atom stereocenters. The standard InChI is InChI=1S/C29H32Cl2FN5O3/c1-17-3-4-19(13-25(28(17)33)40-18(2)26-22(30)5-6-23(32)27(26)31)20-14-35-37(15-20)21-7-10-36(11-8-21)29(38)24-16-39-12-9-34-24/h3-6,13-15,18-19,21,24,33-34H,1,7-12,16H2,2H3. The van der Waals surface area contributed by atoms with Gasteiger partial charge in [0.2, 0.25) is 5.91 Å². The van der Waals surface area contributed by atoms with Crippen molar-refractivity contribution in [3.8, 4) is 0 Å². The Morgan fingerprint density at radius 2 is 2.10 bits per heavy atom. The van der Waals surface area contributed by atoms with E-state index in [2.05, 4.69) is 17.0 Å². The molecule has 2 aliphatic heterocycles. The minimum absolute atomic E-state index is 0.0956. The maximum absolute atomic E-state index is 14.1. The average molecular weight is 589 g/mol. The zero-order chi connectivity index (χ0) is 28.4. The second-order valence-electron chi connectivity index (χ2n) is 10.2. The van der Waals surface area contributed by atoms with Gasteiger partial charge in [-0.1, -0.05) is 41.9 Å². The van der Waals surface area contributed by atoms with E-state index in [1.54, 1.807) is 13.0 Å². The number of hydrogen-bond acceptors (Lipinski definition) is 6. The van der Waals surface area contributed by atoms with Gasteiger partial charge in [0.15, 0.2) is 0 Å². The quantitative estimate of drug-likeness (QED) is 0.443. The molecule has 212 valence electrons. The van der Waals surface area contributed by atoms with Crippen LogP contribution in [0.5, 0.6) is 0 Å². The molecule has 40 heavy (non-hydrogen) atoms. The number of allylic oxidation sites excluding steroid dienone is 4. The first-order valence-corrected chi connectivity index (χ1v) is 14.1. The molecule has 2 aromatic rings. The molecular formula is C29H32Cl2FN5O3. The summed E-state index contributed by atoms with van der Waals surface area (Å²) < 4.78 is 27.7. The van der Waals surface area contributed by atoms with Gasteiger partial charge in [-0.05, 0) is 43.5 Å². The van der Waals surface area contributed by atoms with Crippen molar-refractivity contribution in [3.05, 3.63) is 87.7 Å². The second kappa shape index (κ2) is 12.3. The SMILES string of the molecule is C=C1C=CC(c2cnn(C3CCN(C(=O)C4COCCN4)CC3)c2)C=C(OC(C)c2c(Cl)ccc(F)c2Cl)C1=N. The number of nitrogens with zero attached hydrogens (tertiary/aromatic N) is 3. The van der Waals surface area contributed by atoms with Crippen LogP contribution in [0.1, 0.15) is 49.0 Å². The molecule has 0 spiro atoms. The molecule has 0 bridgehead atoms. The number of halogens is 3. The first-order chi connectivity index (χ1) is 19.2. The Balaban J connectivity index is 1.29. The molecule has 3 unspecified atom stereocenters. The van der Waals surface area contributed by atoms with Crippen LogP contribution in [-0.2, 0) is 14.3 Å². The summed E-state index contributed by atoms with van der Waals surface area (Å²) in [5, 5.41) is 16.6. The summed E-state index contributed by atoms with van der Waals surface area (Å²) in [5.74, 6) is -0.428. The highest BCUT2D eigenvalue weighted by Gasteiger charge is 2.31. The Bertz CT molecular complexity index is 1360. The summed E-state index contributed by atoms with van der Waals surface area (Å²) in [6, 6.07) is 2.55. The lowest BCUT2D eigenvalue weighted by molar-refractivity contribution is -0.137. The van der Waals surface area contributed by atoms with Crippen molar-refractivity contribution in [1.29, 1.82) is 5.41 Å². The van der Waals surface area contributed by atoms with Crippen LogP contribution in [-0.4, -0.2) is 65.2 Å². The maximum Gasteiger partial charge on any atom is 0.242 e. The monoisotopic (exact) mass is 587 g/mol. The first kappa shape index (κ1) is 28.5. The molecule has 1 aromatic carbocycles. The minimum Gasteiger partial charge on any atom is -0.484 e. The van der Waals surface area contributed by atoms with Crippen molar-refractivity contribution in [1.82, 2.24) is 20.0 Å². The van der Waals surface area contributed by atoms with Gasteiger partial charge in [-0.25, -0.2) is 4.39 Å². The van der Waals surface area contributed by atoms with E-state index in [9.17, 15) is 9.18 Å². The summed E-state index contributed by atoms with van der Waals surface area (Å²) >= 11 is 12.5. The van der Waals surface area contributed by atoms with Gasteiger partial charge in [0.1, 0.15) is 29.4 Å². The fourth-order valence-corrected chi connectivity index (χ4v) is 5.93. The molecular weight excluding hydrogens is 556 g/mol. The van der Waals surface area contributed by atoms with Gasteiger partial charge in [0, 0.05) is 47.9 Å². The van der Waals surface area contributed by atoms with Crippen LogP contribution in [0.4, 0.5) is 4.39 Å². The van der Waals surface area contributed by atoms with Crippen molar-refractivity contribution in [2.75, 3.05) is 32.8 Å². The number of amides is 1. The third kappa shape index (κ3) is 6.02. The molecule has 2 N–H and O–H groups in total. The number of likely N-dealkylation sites (tertiary alicyclic amines) is 1. The molecule has 3 aliphatic rings. The molecule has 2 saturated heterocycles. The summed E-state index contributed by atoms with van der Waals surface area (Å²) in [7, 11) is 0.